The maximum Gasteiger partial charge on any atom is 0.319 e. The molecule has 3 amide bonds. The minimum atomic E-state index is -0.820. The number of nitriles is 1. The number of carbonyl (C=O) groups excluding carboxylic acids is 3. The molecular formula is C56H60F2N11O6+. The largest absolute Gasteiger partial charge is 0.508 e. The quantitative estimate of drug-likeness (QED) is 0.0873. The first-order valence-corrected chi connectivity index (χ1v) is 26.3. The summed E-state index contributed by atoms with van der Waals surface area (Å²) in [6, 6.07) is 13.6. The molecule has 2 aromatic heterocycles. The number of nitrogens with zero attached hydrogens (tertiary/aromatic N) is 9. The van der Waals surface area contributed by atoms with E-state index in [-0.39, 0.29) is 86.5 Å². The number of terminal acetylenes is 1. The van der Waals surface area contributed by atoms with Crippen molar-refractivity contribution in [2.45, 2.75) is 76.0 Å². The Morgan fingerprint density at radius 2 is 1.65 bits per heavy atom. The molecule has 388 valence electrons. The van der Waals surface area contributed by atoms with Crippen molar-refractivity contribution in [1.29, 1.82) is 5.26 Å². The lowest BCUT2D eigenvalue weighted by molar-refractivity contribution is -0.930. The Balaban J connectivity index is 0.713. The Morgan fingerprint density at radius 3 is 2.36 bits per heavy atom. The molecule has 6 fully saturated rings. The number of nitrogens with one attached hydrogen (secondary N) is 2. The summed E-state index contributed by atoms with van der Waals surface area (Å²) in [6.07, 6.45) is 12.4. The second-order valence-electron chi connectivity index (χ2n) is 21.8. The Hall–Kier alpha value is -7.19. The Labute approximate surface area is 433 Å². The number of aromatic nitrogens is 3. The zero-order valence-electron chi connectivity index (χ0n) is 42.0. The molecule has 75 heavy (non-hydrogen) atoms. The highest BCUT2D eigenvalue weighted by atomic mass is 19.1. The number of imide groups is 1. The highest BCUT2D eigenvalue weighted by Gasteiger charge is 2.47. The number of hydrogen-bond donors (Lipinski definition) is 3. The SMILES string of the molecule is C#Cc1c(F)ccc2cc(O)cc(-c3nc(OC)c4c(N5CC6CCC(C5)[NH+]6CC#N)nc(OCC5(CN6CCN(CC7CCN(c8ccc9c(c8)CN(C8CCC(=O)NC8=O)C9=O)CC7)CC6)CC5)nc4c3F)c12. The van der Waals surface area contributed by atoms with Gasteiger partial charge >= 0.3 is 6.01 Å². The normalized spacial score (nSPS) is 23.9. The van der Waals surface area contributed by atoms with Gasteiger partial charge in [-0.05, 0) is 85.4 Å². The van der Waals surface area contributed by atoms with Crippen LogP contribution in [0.5, 0.6) is 17.6 Å². The number of phenols is 1. The van der Waals surface area contributed by atoms with Gasteiger partial charge in [-0.1, -0.05) is 12.0 Å². The lowest BCUT2D eigenvalue weighted by Crippen LogP contribution is -3.19. The van der Waals surface area contributed by atoms with Gasteiger partial charge < -0.3 is 44.0 Å². The number of hydrogen-bond acceptors (Lipinski definition) is 14. The molecule has 0 radical (unpaired) electrons. The smallest absolute Gasteiger partial charge is 0.319 e. The van der Waals surface area contributed by atoms with Crippen LogP contribution >= 0.6 is 0 Å². The molecule has 5 aromatic rings. The molecule has 17 nitrogen and oxygen atoms in total. The molecule has 1 aliphatic carbocycles. The topological polar surface area (TPSA) is 185 Å². The molecule has 0 spiro atoms. The predicted molar refractivity (Wildman–Crippen MR) is 274 cm³/mol. The van der Waals surface area contributed by atoms with Crippen LogP contribution < -0.4 is 29.5 Å². The standard InChI is InChI=1S/C56H59F2N11O6/c1-3-40-43(57)9-4-34-25-39(70)26-42(46(34)40)49-48(58)50-47(53(61-49)74-2)51(67-29-37-5-6-38(30-67)68(37)19-16-59)63-55(62-50)75-32-56(14-15-56)31-65-22-20-64(21-23-65)27-33-12-17-66(18-13-33)36-7-8-41-35(24-36)28-69(54(41)73)44-10-11-45(71)60-52(44)72/h1,4,7-9,24-26,33,37-38,44,70H,5-6,10-15,17-23,27-32H2,2H3,(H,60,71,72)/p+1. The number of benzene rings is 3. The van der Waals surface area contributed by atoms with Crippen molar-refractivity contribution in [3.63, 3.8) is 0 Å². The number of anilines is 2. The Morgan fingerprint density at radius 1 is 0.893 bits per heavy atom. The van der Waals surface area contributed by atoms with Gasteiger partial charge in [-0.2, -0.15) is 15.2 Å². The van der Waals surface area contributed by atoms with Crippen LogP contribution in [0.2, 0.25) is 0 Å². The van der Waals surface area contributed by atoms with Crippen LogP contribution in [-0.2, 0) is 16.1 Å². The summed E-state index contributed by atoms with van der Waals surface area (Å²) in [5.74, 6) is 0.960. The van der Waals surface area contributed by atoms with Crippen molar-refractivity contribution < 1.29 is 42.6 Å². The van der Waals surface area contributed by atoms with Gasteiger partial charge in [0.1, 0.15) is 58.2 Å². The lowest BCUT2D eigenvalue weighted by Gasteiger charge is -2.40. The molecule has 3 aromatic carbocycles. The van der Waals surface area contributed by atoms with Crippen LogP contribution in [0.1, 0.15) is 72.9 Å². The van der Waals surface area contributed by atoms with Gasteiger partial charge in [0.2, 0.25) is 17.7 Å². The lowest BCUT2D eigenvalue weighted by atomic mass is 9.95. The van der Waals surface area contributed by atoms with E-state index < -0.39 is 23.6 Å². The fourth-order valence-corrected chi connectivity index (χ4v) is 13.0. The van der Waals surface area contributed by atoms with Gasteiger partial charge in [0, 0.05) is 106 Å². The fourth-order valence-electron chi connectivity index (χ4n) is 13.0. The van der Waals surface area contributed by atoms with Crippen LogP contribution in [0.25, 0.3) is 32.9 Å². The maximum absolute atomic E-state index is 17.5. The van der Waals surface area contributed by atoms with E-state index in [1.165, 1.54) is 36.3 Å². The van der Waals surface area contributed by atoms with Crippen LogP contribution in [0.4, 0.5) is 20.3 Å². The number of amides is 3. The third kappa shape index (κ3) is 9.08. The fraction of sp³-hybridized carbons (Fsp3) is 0.482. The van der Waals surface area contributed by atoms with E-state index in [4.69, 9.17) is 25.9 Å². The molecule has 19 heteroatoms. The van der Waals surface area contributed by atoms with Crippen molar-refractivity contribution in [1.82, 2.24) is 35.0 Å². The van der Waals surface area contributed by atoms with Crippen molar-refractivity contribution in [3.8, 4) is 47.3 Å². The summed E-state index contributed by atoms with van der Waals surface area (Å²) in [5.41, 5.74) is 2.23. The van der Waals surface area contributed by atoms with Crippen LogP contribution in [-0.4, -0.2) is 156 Å². The van der Waals surface area contributed by atoms with Crippen LogP contribution in [0, 0.1) is 46.6 Å². The molecular weight excluding hydrogens is 961 g/mol. The number of pyridine rings is 1. The first-order valence-electron chi connectivity index (χ1n) is 26.3. The van der Waals surface area contributed by atoms with E-state index >= 15 is 8.78 Å². The first-order chi connectivity index (χ1) is 36.4. The Bertz CT molecular complexity index is 3220. The molecule has 8 heterocycles. The summed E-state index contributed by atoms with van der Waals surface area (Å²) in [6.45, 7) is 9.90. The molecule has 3 N–H and O–H groups in total. The number of ether oxygens (including phenoxy) is 2. The van der Waals surface area contributed by atoms with Crippen LogP contribution in [0.15, 0.2) is 42.5 Å². The van der Waals surface area contributed by atoms with Crippen molar-refractivity contribution >= 4 is 50.9 Å². The zero-order chi connectivity index (χ0) is 51.7. The summed E-state index contributed by atoms with van der Waals surface area (Å²) in [7, 11) is 1.44. The van der Waals surface area contributed by atoms with E-state index in [0.29, 0.717) is 61.9 Å². The van der Waals surface area contributed by atoms with E-state index in [1.54, 1.807) is 4.90 Å². The summed E-state index contributed by atoms with van der Waals surface area (Å²) >= 11 is 0. The van der Waals surface area contributed by atoms with Gasteiger partial charge in [-0.3, -0.25) is 19.7 Å². The Kier molecular flexibility index (Phi) is 12.7. The molecule has 1 saturated carbocycles. The number of fused-ring (bicyclic) bond motifs is 5. The summed E-state index contributed by atoms with van der Waals surface area (Å²) in [5, 5.41) is 23.8. The van der Waals surface area contributed by atoms with Gasteiger partial charge in [-0.25, -0.2) is 13.8 Å². The molecule has 7 aliphatic rings. The average Bonchev–Trinajstić information content (AvgIpc) is 4.05. The third-order valence-corrected chi connectivity index (χ3v) is 17.2. The highest BCUT2D eigenvalue weighted by Crippen LogP contribution is 2.48. The monoisotopic (exact) mass is 1020 g/mol. The number of phenolic OH excluding ortho intramolecular Hbond substituents is 1. The first kappa shape index (κ1) is 48.7. The van der Waals surface area contributed by atoms with E-state index in [0.717, 1.165) is 102 Å². The minimum absolute atomic E-state index is 0.0238. The predicted octanol–water partition coefficient (Wildman–Crippen LogP) is 4.03. The minimum Gasteiger partial charge on any atom is -0.508 e. The number of piperidine rings is 2. The maximum atomic E-state index is 17.5. The number of methoxy groups -OCH3 is 1. The van der Waals surface area contributed by atoms with Crippen LogP contribution in [0.3, 0.4) is 0 Å². The van der Waals surface area contributed by atoms with Gasteiger partial charge in [0.15, 0.2) is 12.4 Å². The number of rotatable bonds is 13. The molecule has 3 unspecified atom stereocenters. The van der Waals surface area contributed by atoms with E-state index in [9.17, 15) is 24.8 Å². The molecule has 12 rings (SSSR count). The molecule has 6 aliphatic heterocycles. The number of aromatic hydroxyl groups is 1. The number of quaternary nitrogens is 1. The van der Waals surface area contributed by atoms with E-state index in [1.807, 2.05) is 12.1 Å². The highest BCUT2D eigenvalue weighted by molar-refractivity contribution is 6.06. The van der Waals surface area contributed by atoms with Gasteiger partial charge in [0.25, 0.3) is 5.91 Å². The second-order valence-corrected chi connectivity index (χ2v) is 21.8. The van der Waals surface area contributed by atoms with Crippen molar-refractivity contribution in [2.75, 3.05) is 95.5 Å². The number of carbonyl (C=O) groups is 3. The van der Waals surface area contributed by atoms with Gasteiger partial charge in [0.05, 0.1) is 32.4 Å². The second kappa shape index (κ2) is 19.5. The number of halogens is 2. The van der Waals surface area contributed by atoms with Gasteiger partial charge in [-0.15, -0.1) is 6.42 Å². The van der Waals surface area contributed by atoms with Crippen molar-refractivity contribution in [2.24, 2.45) is 11.3 Å². The third-order valence-electron chi connectivity index (χ3n) is 17.2. The molecule has 2 bridgehead atoms. The zero-order valence-corrected chi connectivity index (χ0v) is 42.0. The molecule has 3 atom stereocenters. The summed E-state index contributed by atoms with van der Waals surface area (Å²) < 4.78 is 45.2. The van der Waals surface area contributed by atoms with E-state index in [2.05, 4.69) is 48.0 Å². The molecule has 5 saturated heterocycles. The number of piperazine rings is 2. The van der Waals surface area contributed by atoms with Crippen molar-refractivity contribution in [3.05, 3.63) is 70.8 Å². The summed E-state index contributed by atoms with van der Waals surface area (Å²) in [4.78, 5) is 64.5. The average molecular weight is 1020 g/mol.